The van der Waals surface area contributed by atoms with Crippen LogP contribution in [0.15, 0.2) is 0 Å². The summed E-state index contributed by atoms with van der Waals surface area (Å²) in [5, 5.41) is 12.4. The molecular weight excluding hydrogens is 210 g/mol. The maximum absolute atomic E-state index is 5.59. The highest BCUT2D eigenvalue weighted by atomic mass is 32.2. The van der Waals surface area contributed by atoms with Crippen molar-refractivity contribution in [1.29, 1.82) is 0 Å². The Labute approximate surface area is 93.8 Å². The number of nitrogens with zero attached hydrogens (tertiary/aromatic N) is 4. The van der Waals surface area contributed by atoms with Crippen molar-refractivity contribution in [2.24, 2.45) is 5.73 Å². The average Bonchev–Trinajstić information content (AvgIpc) is 2.84. The molecule has 1 aromatic rings. The molecule has 84 valence electrons. The number of tetrazole rings is 1. The second kappa shape index (κ2) is 4.94. The Kier molecular flexibility index (Phi) is 3.58. The van der Waals surface area contributed by atoms with Gasteiger partial charge in [-0.15, -0.1) is 5.10 Å². The summed E-state index contributed by atoms with van der Waals surface area (Å²) in [7, 11) is 0. The zero-order valence-corrected chi connectivity index (χ0v) is 9.78. The van der Waals surface area contributed by atoms with Crippen LogP contribution in [0.3, 0.4) is 0 Å². The molecule has 2 unspecified atom stereocenters. The largest absolute Gasteiger partial charge is 0.324 e. The molecule has 0 saturated heterocycles. The summed E-state index contributed by atoms with van der Waals surface area (Å²) in [5.41, 5.74) is 5.59. The van der Waals surface area contributed by atoms with E-state index in [-0.39, 0.29) is 0 Å². The van der Waals surface area contributed by atoms with Crippen LogP contribution in [-0.4, -0.2) is 31.2 Å². The summed E-state index contributed by atoms with van der Waals surface area (Å²) < 4.78 is 1.91. The van der Waals surface area contributed by atoms with Crippen LogP contribution in [0.2, 0.25) is 0 Å². The molecule has 2 N–H and O–H groups in total. The third-order valence-corrected chi connectivity index (χ3v) is 4.08. The fourth-order valence-corrected chi connectivity index (χ4v) is 3.29. The molecule has 0 radical (unpaired) electrons. The first-order valence-electron chi connectivity index (χ1n) is 5.43. The van der Waals surface area contributed by atoms with Gasteiger partial charge in [-0.1, -0.05) is 6.92 Å². The van der Waals surface area contributed by atoms with Crippen LogP contribution in [0.5, 0.6) is 0 Å². The highest BCUT2D eigenvalue weighted by Crippen LogP contribution is 2.36. The summed E-state index contributed by atoms with van der Waals surface area (Å²) in [4.78, 5) is 0. The normalized spacial score (nSPS) is 26.0. The number of hydrogen-bond acceptors (Lipinski definition) is 5. The first-order valence-corrected chi connectivity index (χ1v) is 6.48. The van der Waals surface area contributed by atoms with Crippen LogP contribution in [0.1, 0.15) is 38.1 Å². The van der Waals surface area contributed by atoms with Gasteiger partial charge in [0.1, 0.15) is 0 Å². The fraction of sp³-hybridized carbons (Fsp3) is 0.889. The fourth-order valence-electron chi connectivity index (χ4n) is 2.16. The highest BCUT2D eigenvalue weighted by molar-refractivity contribution is 7.99. The smallest absolute Gasteiger partial charge is 0.165 e. The van der Waals surface area contributed by atoms with E-state index in [1.54, 1.807) is 0 Å². The third-order valence-electron chi connectivity index (χ3n) is 2.85. The maximum atomic E-state index is 5.59. The second-order valence-electron chi connectivity index (χ2n) is 3.79. The molecule has 0 aliphatic heterocycles. The van der Waals surface area contributed by atoms with Crippen molar-refractivity contribution in [2.75, 3.05) is 5.75 Å². The van der Waals surface area contributed by atoms with Gasteiger partial charge in [0.2, 0.25) is 0 Å². The van der Waals surface area contributed by atoms with Gasteiger partial charge in [0.25, 0.3) is 0 Å². The van der Waals surface area contributed by atoms with Gasteiger partial charge >= 0.3 is 0 Å². The summed E-state index contributed by atoms with van der Waals surface area (Å²) in [6.45, 7) is 2.63. The quantitative estimate of drug-likeness (QED) is 0.830. The van der Waals surface area contributed by atoms with Crippen molar-refractivity contribution in [3.05, 3.63) is 5.82 Å². The molecule has 1 aromatic heterocycles. The minimum Gasteiger partial charge on any atom is -0.324 e. The van der Waals surface area contributed by atoms with E-state index in [1.807, 2.05) is 16.4 Å². The standard InChI is InChI=1S/C9H17N5S/c1-2-15-8-4-3-7(5-8)14-9(6-10)11-12-13-14/h7-8H,2-6,10H2,1H3. The molecule has 1 aliphatic rings. The molecule has 1 heterocycles. The SMILES string of the molecule is CCSC1CCC(n2nnnc2CN)C1. The Bertz CT molecular complexity index is 313. The van der Waals surface area contributed by atoms with Crippen molar-refractivity contribution in [2.45, 2.75) is 44.0 Å². The average molecular weight is 227 g/mol. The summed E-state index contributed by atoms with van der Waals surface area (Å²) in [6.07, 6.45) is 3.62. The predicted molar refractivity (Wildman–Crippen MR) is 60.5 cm³/mol. The van der Waals surface area contributed by atoms with E-state index in [9.17, 15) is 0 Å². The molecule has 0 amide bonds. The van der Waals surface area contributed by atoms with Crippen LogP contribution in [0.25, 0.3) is 0 Å². The first-order chi connectivity index (χ1) is 7.35. The van der Waals surface area contributed by atoms with Crippen molar-refractivity contribution >= 4 is 11.8 Å². The van der Waals surface area contributed by atoms with Crippen LogP contribution >= 0.6 is 11.8 Å². The maximum Gasteiger partial charge on any atom is 0.165 e. The molecule has 6 heteroatoms. The molecule has 0 spiro atoms. The van der Waals surface area contributed by atoms with E-state index >= 15 is 0 Å². The van der Waals surface area contributed by atoms with Gasteiger partial charge in [0.15, 0.2) is 5.82 Å². The molecule has 0 bridgehead atoms. The van der Waals surface area contributed by atoms with Gasteiger partial charge in [0.05, 0.1) is 12.6 Å². The van der Waals surface area contributed by atoms with Crippen molar-refractivity contribution in [3.63, 3.8) is 0 Å². The van der Waals surface area contributed by atoms with Gasteiger partial charge < -0.3 is 5.73 Å². The van der Waals surface area contributed by atoms with Crippen LogP contribution in [0.4, 0.5) is 0 Å². The Balaban J connectivity index is 2.01. The zero-order chi connectivity index (χ0) is 10.7. The number of rotatable bonds is 4. The summed E-state index contributed by atoms with van der Waals surface area (Å²) >= 11 is 2.04. The number of aromatic nitrogens is 4. The number of hydrogen-bond donors (Lipinski definition) is 1. The monoisotopic (exact) mass is 227 g/mol. The third kappa shape index (κ3) is 2.31. The molecule has 15 heavy (non-hydrogen) atoms. The van der Waals surface area contributed by atoms with Gasteiger partial charge in [-0.05, 0) is 35.4 Å². The van der Waals surface area contributed by atoms with E-state index in [1.165, 1.54) is 25.0 Å². The predicted octanol–water partition coefficient (Wildman–Crippen LogP) is 0.978. The van der Waals surface area contributed by atoms with Crippen molar-refractivity contribution in [1.82, 2.24) is 20.2 Å². The Morgan fingerprint density at radius 3 is 3.13 bits per heavy atom. The molecular formula is C9H17N5S. The van der Waals surface area contributed by atoms with Crippen LogP contribution in [0, 0.1) is 0 Å². The van der Waals surface area contributed by atoms with E-state index in [4.69, 9.17) is 5.73 Å². The molecule has 2 rings (SSSR count). The lowest BCUT2D eigenvalue weighted by molar-refractivity contribution is 0.439. The highest BCUT2D eigenvalue weighted by Gasteiger charge is 2.28. The molecule has 1 fully saturated rings. The van der Waals surface area contributed by atoms with Gasteiger partial charge in [0, 0.05) is 5.25 Å². The number of nitrogens with two attached hydrogens (primary N) is 1. The van der Waals surface area contributed by atoms with Crippen LogP contribution in [-0.2, 0) is 6.54 Å². The minimum absolute atomic E-state index is 0.426. The minimum atomic E-state index is 0.426. The Morgan fingerprint density at radius 1 is 1.53 bits per heavy atom. The van der Waals surface area contributed by atoms with E-state index in [2.05, 4.69) is 22.4 Å². The van der Waals surface area contributed by atoms with Gasteiger partial charge in [-0.2, -0.15) is 11.8 Å². The summed E-state index contributed by atoms with van der Waals surface area (Å²) in [5.74, 6) is 2.00. The Hall–Kier alpha value is -0.620. The number of thioether (sulfide) groups is 1. The van der Waals surface area contributed by atoms with Gasteiger partial charge in [-0.3, -0.25) is 0 Å². The Morgan fingerprint density at radius 2 is 2.40 bits per heavy atom. The van der Waals surface area contributed by atoms with E-state index < -0.39 is 0 Å². The second-order valence-corrected chi connectivity index (χ2v) is 5.37. The molecule has 1 aliphatic carbocycles. The van der Waals surface area contributed by atoms with Crippen molar-refractivity contribution < 1.29 is 0 Å². The first kappa shape index (κ1) is 10.9. The lowest BCUT2D eigenvalue weighted by Gasteiger charge is -2.11. The van der Waals surface area contributed by atoms with E-state index in [0.717, 1.165) is 11.1 Å². The van der Waals surface area contributed by atoms with E-state index in [0.29, 0.717) is 12.6 Å². The topological polar surface area (TPSA) is 69.6 Å². The van der Waals surface area contributed by atoms with Gasteiger partial charge in [-0.25, -0.2) is 4.68 Å². The van der Waals surface area contributed by atoms with Crippen molar-refractivity contribution in [3.8, 4) is 0 Å². The molecule has 5 nitrogen and oxygen atoms in total. The molecule has 1 saturated carbocycles. The zero-order valence-electron chi connectivity index (χ0n) is 8.96. The molecule has 2 atom stereocenters. The van der Waals surface area contributed by atoms with Crippen LogP contribution < -0.4 is 5.73 Å². The lowest BCUT2D eigenvalue weighted by atomic mass is 10.2. The molecule has 0 aromatic carbocycles. The summed E-state index contributed by atoms with van der Waals surface area (Å²) in [6, 6.07) is 0.461. The lowest BCUT2D eigenvalue weighted by Crippen LogP contribution is -2.14.